The van der Waals surface area contributed by atoms with Gasteiger partial charge in [0.1, 0.15) is 0 Å². The van der Waals surface area contributed by atoms with Crippen LogP contribution in [0, 0.1) is 0 Å². The molecule has 0 saturated carbocycles. The maximum Gasteiger partial charge on any atom is 0.0710 e. The summed E-state index contributed by atoms with van der Waals surface area (Å²) < 4.78 is 0. The first-order valence-corrected chi connectivity index (χ1v) is 4.45. The zero-order chi connectivity index (χ0) is 7.84. The molecule has 2 unspecified atom stereocenters. The number of hydrogen-bond acceptors (Lipinski definition) is 3. The van der Waals surface area contributed by atoms with Crippen molar-refractivity contribution in [3.05, 3.63) is 0 Å². The van der Waals surface area contributed by atoms with Gasteiger partial charge in [-0.2, -0.15) is 0 Å². The summed E-state index contributed by atoms with van der Waals surface area (Å²) in [7, 11) is 0. The second kappa shape index (κ2) is 2.73. The second-order valence-electron chi connectivity index (χ2n) is 3.77. The highest BCUT2D eigenvalue weighted by atomic mass is 16.3. The summed E-state index contributed by atoms with van der Waals surface area (Å²) in [4.78, 5) is 2.33. The van der Waals surface area contributed by atoms with E-state index in [0.717, 1.165) is 25.9 Å². The minimum Gasteiger partial charge on any atom is -0.391 e. The molecule has 0 radical (unpaired) electrons. The van der Waals surface area contributed by atoms with Crippen LogP contribution in [0.5, 0.6) is 0 Å². The van der Waals surface area contributed by atoms with E-state index in [9.17, 15) is 5.11 Å². The van der Waals surface area contributed by atoms with Crippen LogP contribution in [0.25, 0.3) is 0 Å². The molecule has 3 heteroatoms. The third-order valence-corrected chi connectivity index (χ3v) is 2.87. The Kier molecular flexibility index (Phi) is 1.87. The number of rotatable bonds is 0. The van der Waals surface area contributed by atoms with Gasteiger partial charge >= 0.3 is 0 Å². The fourth-order valence-corrected chi connectivity index (χ4v) is 2.36. The molecule has 3 atom stereocenters. The second-order valence-corrected chi connectivity index (χ2v) is 3.77. The molecule has 0 aliphatic carbocycles. The van der Waals surface area contributed by atoms with Crippen molar-refractivity contribution >= 4 is 0 Å². The molecule has 11 heavy (non-hydrogen) atoms. The van der Waals surface area contributed by atoms with Gasteiger partial charge in [-0.3, -0.25) is 4.90 Å². The van der Waals surface area contributed by atoms with Crippen molar-refractivity contribution in [1.29, 1.82) is 0 Å². The monoisotopic (exact) mass is 156 g/mol. The number of aliphatic hydroxyl groups is 1. The molecular weight excluding hydrogens is 140 g/mol. The lowest BCUT2D eigenvalue weighted by molar-refractivity contribution is 0.0252. The summed E-state index contributed by atoms with van der Waals surface area (Å²) in [6.07, 6.45) is 3.02. The quantitative estimate of drug-likeness (QED) is 0.499. The molecule has 64 valence electrons. The van der Waals surface area contributed by atoms with E-state index in [2.05, 4.69) is 4.90 Å². The molecule has 2 aliphatic heterocycles. The smallest absolute Gasteiger partial charge is 0.0710 e. The largest absolute Gasteiger partial charge is 0.391 e. The predicted molar refractivity (Wildman–Crippen MR) is 43.2 cm³/mol. The topological polar surface area (TPSA) is 49.5 Å². The Bertz CT molecular complexity index is 151. The molecule has 2 rings (SSSR count). The molecule has 0 bridgehead atoms. The highest BCUT2D eigenvalue weighted by molar-refractivity contribution is 4.93. The van der Waals surface area contributed by atoms with Crippen molar-refractivity contribution < 1.29 is 5.11 Å². The van der Waals surface area contributed by atoms with Crippen LogP contribution in [0.4, 0.5) is 0 Å². The molecule has 2 aliphatic rings. The molecule has 2 heterocycles. The fourth-order valence-electron chi connectivity index (χ4n) is 2.36. The van der Waals surface area contributed by atoms with Crippen LogP contribution in [-0.4, -0.2) is 41.3 Å². The molecule has 2 saturated heterocycles. The minimum atomic E-state index is -0.166. The van der Waals surface area contributed by atoms with Crippen LogP contribution in [0.3, 0.4) is 0 Å². The average molecular weight is 156 g/mol. The number of piperidine rings is 1. The maximum atomic E-state index is 9.63. The van der Waals surface area contributed by atoms with Gasteiger partial charge in [-0.15, -0.1) is 0 Å². The van der Waals surface area contributed by atoms with Gasteiger partial charge in [0.25, 0.3) is 0 Å². The first-order chi connectivity index (χ1) is 5.27. The first kappa shape index (κ1) is 7.53. The zero-order valence-corrected chi connectivity index (χ0v) is 6.74. The van der Waals surface area contributed by atoms with Crippen LogP contribution in [0.1, 0.15) is 19.3 Å². The molecule has 0 aromatic rings. The zero-order valence-electron chi connectivity index (χ0n) is 6.74. The third-order valence-electron chi connectivity index (χ3n) is 2.87. The fraction of sp³-hybridized carbons (Fsp3) is 1.00. The van der Waals surface area contributed by atoms with Gasteiger partial charge in [0.2, 0.25) is 0 Å². The number of nitrogens with zero attached hydrogens (tertiary/aromatic N) is 1. The van der Waals surface area contributed by atoms with Gasteiger partial charge in [0.05, 0.1) is 6.10 Å². The lowest BCUT2D eigenvalue weighted by Gasteiger charge is -2.36. The normalized spacial score (nSPS) is 45.8. The number of hydrogen-bond donors (Lipinski definition) is 2. The minimum absolute atomic E-state index is 0.166. The Morgan fingerprint density at radius 3 is 3.09 bits per heavy atom. The van der Waals surface area contributed by atoms with Crippen molar-refractivity contribution in [3.63, 3.8) is 0 Å². The standard InChI is InChI=1S/C8H16N2O/c9-6-4-8(11)7-2-1-3-10(7)5-6/h6-8,11H,1-5,9H2/t6?,7?,8-/m0/s1. The van der Waals surface area contributed by atoms with Gasteiger partial charge < -0.3 is 10.8 Å². The highest BCUT2D eigenvalue weighted by Gasteiger charge is 2.36. The SMILES string of the molecule is NC1C[C@H](O)C2CCCN2C1. The van der Waals surface area contributed by atoms with E-state index in [4.69, 9.17) is 5.73 Å². The summed E-state index contributed by atoms with van der Waals surface area (Å²) in [6.45, 7) is 2.12. The van der Waals surface area contributed by atoms with Gasteiger partial charge in [0.15, 0.2) is 0 Å². The molecule has 0 aromatic heterocycles. The van der Waals surface area contributed by atoms with Crippen LogP contribution >= 0.6 is 0 Å². The summed E-state index contributed by atoms with van der Waals surface area (Å²) >= 11 is 0. The Labute approximate surface area is 67.2 Å². The van der Waals surface area contributed by atoms with E-state index < -0.39 is 0 Å². The molecule has 2 fully saturated rings. The van der Waals surface area contributed by atoms with Crippen molar-refractivity contribution in [1.82, 2.24) is 4.90 Å². The molecule has 3 N–H and O–H groups in total. The molecule has 0 aromatic carbocycles. The third kappa shape index (κ3) is 1.28. The highest BCUT2D eigenvalue weighted by Crippen LogP contribution is 2.26. The summed E-state index contributed by atoms with van der Waals surface area (Å²) in [5.41, 5.74) is 5.78. The van der Waals surface area contributed by atoms with Crippen molar-refractivity contribution in [3.8, 4) is 0 Å². The van der Waals surface area contributed by atoms with Crippen LogP contribution in [-0.2, 0) is 0 Å². The van der Waals surface area contributed by atoms with E-state index in [1.54, 1.807) is 0 Å². The maximum absolute atomic E-state index is 9.63. The number of fused-ring (bicyclic) bond motifs is 1. The lowest BCUT2D eigenvalue weighted by Crippen LogP contribution is -2.52. The summed E-state index contributed by atoms with van der Waals surface area (Å²) in [5.74, 6) is 0. The van der Waals surface area contributed by atoms with E-state index in [-0.39, 0.29) is 12.1 Å². The van der Waals surface area contributed by atoms with Gasteiger partial charge in [0, 0.05) is 18.6 Å². The van der Waals surface area contributed by atoms with E-state index in [0.29, 0.717) is 6.04 Å². The molecule has 0 spiro atoms. The molecule has 3 nitrogen and oxygen atoms in total. The van der Waals surface area contributed by atoms with Crippen molar-refractivity contribution in [2.75, 3.05) is 13.1 Å². The summed E-state index contributed by atoms with van der Waals surface area (Å²) in [5, 5.41) is 9.63. The van der Waals surface area contributed by atoms with Crippen LogP contribution < -0.4 is 5.73 Å². The lowest BCUT2D eigenvalue weighted by atomic mass is 9.96. The van der Waals surface area contributed by atoms with Crippen molar-refractivity contribution in [2.24, 2.45) is 5.73 Å². The van der Waals surface area contributed by atoms with Gasteiger partial charge in [-0.25, -0.2) is 0 Å². The Balaban J connectivity index is 2.04. The number of nitrogens with two attached hydrogens (primary N) is 1. The average Bonchev–Trinajstić information content (AvgIpc) is 2.34. The predicted octanol–water partition coefficient (Wildman–Crippen LogP) is -0.457. The Morgan fingerprint density at radius 1 is 1.45 bits per heavy atom. The van der Waals surface area contributed by atoms with E-state index in [1.807, 2.05) is 0 Å². The van der Waals surface area contributed by atoms with Gasteiger partial charge in [-0.05, 0) is 25.8 Å². The first-order valence-electron chi connectivity index (χ1n) is 4.45. The number of aliphatic hydroxyl groups excluding tert-OH is 1. The van der Waals surface area contributed by atoms with Crippen molar-refractivity contribution in [2.45, 2.75) is 37.5 Å². The van der Waals surface area contributed by atoms with Crippen LogP contribution in [0.15, 0.2) is 0 Å². The Morgan fingerprint density at radius 2 is 2.27 bits per heavy atom. The Hall–Kier alpha value is -0.120. The van der Waals surface area contributed by atoms with Gasteiger partial charge in [-0.1, -0.05) is 0 Å². The van der Waals surface area contributed by atoms with Crippen LogP contribution in [0.2, 0.25) is 0 Å². The molecular formula is C8H16N2O. The molecule has 0 amide bonds. The van der Waals surface area contributed by atoms with E-state index >= 15 is 0 Å². The summed E-state index contributed by atoms with van der Waals surface area (Å²) in [6, 6.07) is 0.620. The van der Waals surface area contributed by atoms with E-state index in [1.165, 1.54) is 6.42 Å².